The molecular formula is C21H29FN6O3. The third kappa shape index (κ3) is 5.31. The number of imide groups is 1. The molecule has 1 aromatic carbocycles. The Morgan fingerprint density at radius 2 is 1.84 bits per heavy atom. The van der Waals surface area contributed by atoms with E-state index in [0.717, 1.165) is 26.2 Å². The molecule has 3 aliphatic heterocycles. The number of rotatable bonds is 5. The van der Waals surface area contributed by atoms with Gasteiger partial charge in [0.05, 0.1) is 12.2 Å². The Morgan fingerprint density at radius 3 is 2.52 bits per heavy atom. The van der Waals surface area contributed by atoms with Crippen molar-refractivity contribution in [1.82, 2.24) is 20.4 Å². The Balaban J connectivity index is 1.29. The quantitative estimate of drug-likeness (QED) is 0.545. The van der Waals surface area contributed by atoms with E-state index in [-0.39, 0.29) is 30.0 Å². The number of benzene rings is 1. The minimum atomic E-state index is -0.542. The molecule has 168 valence electrons. The van der Waals surface area contributed by atoms with Gasteiger partial charge in [-0.15, -0.1) is 0 Å². The van der Waals surface area contributed by atoms with Crippen molar-refractivity contribution in [3.63, 3.8) is 0 Å². The summed E-state index contributed by atoms with van der Waals surface area (Å²) in [5, 5.41) is 8.54. The van der Waals surface area contributed by atoms with Crippen molar-refractivity contribution in [3.8, 4) is 0 Å². The average molecular weight is 433 g/mol. The lowest BCUT2D eigenvalue weighted by atomic mass is 10.1. The molecule has 3 N–H and O–H groups in total. The number of amides is 3. The molecule has 0 saturated carbocycles. The molecule has 0 bridgehead atoms. The molecule has 3 amide bonds. The molecule has 3 aliphatic rings. The molecule has 1 atom stereocenters. The van der Waals surface area contributed by atoms with Crippen molar-refractivity contribution in [2.45, 2.75) is 18.9 Å². The fourth-order valence-electron chi connectivity index (χ4n) is 4.24. The molecule has 1 aromatic rings. The normalized spacial score (nSPS) is 22.9. The van der Waals surface area contributed by atoms with Crippen LogP contribution in [0.1, 0.15) is 12.8 Å². The van der Waals surface area contributed by atoms with E-state index >= 15 is 0 Å². The van der Waals surface area contributed by atoms with Crippen LogP contribution in [0.4, 0.5) is 15.8 Å². The van der Waals surface area contributed by atoms with Gasteiger partial charge in [0.2, 0.25) is 17.7 Å². The predicted molar refractivity (Wildman–Crippen MR) is 114 cm³/mol. The van der Waals surface area contributed by atoms with E-state index in [1.807, 2.05) is 9.80 Å². The van der Waals surface area contributed by atoms with Crippen LogP contribution in [-0.2, 0) is 14.4 Å². The minimum absolute atomic E-state index is 0.157. The van der Waals surface area contributed by atoms with Crippen LogP contribution in [0.2, 0.25) is 0 Å². The largest absolute Gasteiger partial charge is 0.374 e. The summed E-state index contributed by atoms with van der Waals surface area (Å²) in [5.41, 5.74) is 1.03. The van der Waals surface area contributed by atoms with Gasteiger partial charge in [0.25, 0.3) is 0 Å². The average Bonchev–Trinajstić information content (AvgIpc) is 2.77. The number of nitrogens with zero attached hydrogens (tertiary/aromatic N) is 3. The number of carbonyl (C=O) groups excluding carboxylic acids is 3. The Labute approximate surface area is 180 Å². The summed E-state index contributed by atoms with van der Waals surface area (Å²) < 4.78 is 14.8. The lowest BCUT2D eigenvalue weighted by molar-refractivity contribution is -0.134. The second-order valence-corrected chi connectivity index (χ2v) is 8.21. The van der Waals surface area contributed by atoms with E-state index in [0.29, 0.717) is 50.5 Å². The molecule has 0 radical (unpaired) electrons. The van der Waals surface area contributed by atoms with E-state index in [2.05, 4.69) is 20.9 Å². The SMILES string of the molecule is O=C1CCC(Nc2ccc(N3CCN(CC(=O)N4CCNCC4)CC3)c(F)c2)C(=O)N1. The number of anilines is 2. The molecule has 1 unspecified atom stereocenters. The summed E-state index contributed by atoms with van der Waals surface area (Å²) in [6.07, 6.45) is 0.661. The van der Waals surface area contributed by atoms with Crippen LogP contribution in [0.25, 0.3) is 0 Å². The first-order chi connectivity index (χ1) is 15.0. The fraction of sp³-hybridized carbons (Fsp3) is 0.571. The first-order valence-electron chi connectivity index (χ1n) is 10.9. The van der Waals surface area contributed by atoms with Crippen LogP contribution < -0.4 is 20.9 Å². The van der Waals surface area contributed by atoms with Gasteiger partial charge in [-0.2, -0.15) is 0 Å². The van der Waals surface area contributed by atoms with Gasteiger partial charge < -0.3 is 20.4 Å². The number of hydrogen-bond acceptors (Lipinski definition) is 7. The molecule has 10 heteroatoms. The topological polar surface area (TPSA) is 97.0 Å². The molecule has 0 spiro atoms. The summed E-state index contributed by atoms with van der Waals surface area (Å²) in [6, 6.07) is 4.31. The third-order valence-corrected chi connectivity index (χ3v) is 6.07. The lowest BCUT2D eigenvalue weighted by Gasteiger charge is -2.37. The second-order valence-electron chi connectivity index (χ2n) is 8.21. The number of hydrogen-bond donors (Lipinski definition) is 3. The highest BCUT2D eigenvalue weighted by atomic mass is 19.1. The number of halogens is 1. The highest BCUT2D eigenvalue weighted by Gasteiger charge is 2.27. The van der Waals surface area contributed by atoms with Gasteiger partial charge in [-0.3, -0.25) is 24.6 Å². The van der Waals surface area contributed by atoms with Gasteiger partial charge in [-0.1, -0.05) is 0 Å². The summed E-state index contributed by atoms with van der Waals surface area (Å²) in [7, 11) is 0. The van der Waals surface area contributed by atoms with Crippen LogP contribution in [0.3, 0.4) is 0 Å². The van der Waals surface area contributed by atoms with Gasteiger partial charge >= 0.3 is 0 Å². The van der Waals surface area contributed by atoms with Crippen LogP contribution in [-0.4, -0.2) is 92.5 Å². The first kappa shape index (κ1) is 21.5. The predicted octanol–water partition coefficient (Wildman–Crippen LogP) is -0.403. The van der Waals surface area contributed by atoms with Crippen molar-refractivity contribution in [2.24, 2.45) is 0 Å². The highest BCUT2D eigenvalue weighted by Crippen LogP contribution is 2.25. The van der Waals surface area contributed by atoms with Crippen LogP contribution in [0, 0.1) is 5.82 Å². The molecule has 0 aliphatic carbocycles. The summed E-state index contributed by atoms with van der Waals surface area (Å²) in [5.74, 6) is -0.863. The zero-order valence-electron chi connectivity index (χ0n) is 17.5. The number of piperazine rings is 2. The van der Waals surface area contributed by atoms with E-state index in [1.54, 1.807) is 12.1 Å². The van der Waals surface area contributed by atoms with Crippen molar-refractivity contribution in [3.05, 3.63) is 24.0 Å². The van der Waals surface area contributed by atoms with E-state index in [1.165, 1.54) is 6.07 Å². The van der Waals surface area contributed by atoms with Crippen molar-refractivity contribution in [2.75, 3.05) is 69.1 Å². The maximum atomic E-state index is 14.8. The molecule has 31 heavy (non-hydrogen) atoms. The Bertz CT molecular complexity index is 836. The van der Waals surface area contributed by atoms with Crippen LogP contribution in [0.15, 0.2) is 18.2 Å². The molecule has 4 rings (SSSR count). The number of piperidine rings is 1. The van der Waals surface area contributed by atoms with E-state index < -0.39 is 6.04 Å². The first-order valence-corrected chi connectivity index (χ1v) is 10.9. The molecule has 3 saturated heterocycles. The smallest absolute Gasteiger partial charge is 0.249 e. The van der Waals surface area contributed by atoms with Gasteiger partial charge in [-0.25, -0.2) is 4.39 Å². The summed E-state index contributed by atoms with van der Waals surface area (Å²) in [6.45, 7) is 6.29. The van der Waals surface area contributed by atoms with E-state index in [9.17, 15) is 18.8 Å². The van der Waals surface area contributed by atoms with E-state index in [4.69, 9.17) is 0 Å². The van der Waals surface area contributed by atoms with Crippen molar-refractivity contribution < 1.29 is 18.8 Å². The lowest BCUT2D eigenvalue weighted by Crippen LogP contribution is -2.53. The maximum absolute atomic E-state index is 14.8. The monoisotopic (exact) mass is 432 g/mol. The maximum Gasteiger partial charge on any atom is 0.249 e. The van der Waals surface area contributed by atoms with Gasteiger partial charge in [-0.05, 0) is 24.6 Å². The van der Waals surface area contributed by atoms with Crippen molar-refractivity contribution >= 4 is 29.1 Å². The zero-order valence-corrected chi connectivity index (χ0v) is 17.5. The van der Waals surface area contributed by atoms with Gasteiger partial charge in [0, 0.05) is 64.5 Å². The third-order valence-electron chi connectivity index (χ3n) is 6.07. The molecule has 9 nitrogen and oxygen atoms in total. The fourth-order valence-corrected chi connectivity index (χ4v) is 4.24. The Hall–Kier alpha value is -2.72. The summed E-state index contributed by atoms with van der Waals surface area (Å²) in [4.78, 5) is 41.6. The number of nitrogens with one attached hydrogen (secondary N) is 3. The van der Waals surface area contributed by atoms with Crippen LogP contribution in [0.5, 0.6) is 0 Å². The van der Waals surface area contributed by atoms with Gasteiger partial charge in [0.15, 0.2) is 0 Å². The van der Waals surface area contributed by atoms with Gasteiger partial charge in [0.1, 0.15) is 11.9 Å². The Morgan fingerprint density at radius 1 is 1.10 bits per heavy atom. The molecule has 0 aromatic heterocycles. The Kier molecular flexibility index (Phi) is 6.67. The molecule has 3 heterocycles. The second kappa shape index (κ2) is 9.61. The summed E-state index contributed by atoms with van der Waals surface area (Å²) >= 11 is 0. The molecule has 3 fully saturated rings. The highest BCUT2D eigenvalue weighted by molar-refractivity contribution is 6.01. The zero-order chi connectivity index (χ0) is 21.8. The van der Waals surface area contributed by atoms with Crippen LogP contribution >= 0.6 is 0 Å². The van der Waals surface area contributed by atoms with Crippen molar-refractivity contribution in [1.29, 1.82) is 0 Å². The standard InChI is InChI=1S/C21H29FN6O3/c22-16-13-15(24-17-2-4-19(29)25-21(17)31)1-3-18(16)27-11-9-26(10-12-27)14-20(30)28-7-5-23-6-8-28/h1,3,13,17,23-24H,2,4-12,14H2,(H,25,29,31). The molecular weight excluding hydrogens is 403 g/mol. The number of carbonyl (C=O) groups is 3. The minimum Gasteiger partial charge on any atom is -0.374 e.